The fraction of sp³-hybridized carbons (Fsp3) is 0.0714. The number of aryl methyl sites for hydroxylation is 1. The smallest absolute Gasteiger partial charge is 0.199 e. The molecule has 33 heavy (non-hydrogen) atoms. The van der Waals surface area contributed by atoms with Gasteiger partial charge in [-0.05, 0) is 55.5 Å². The zero-order valence-corrected chi connectivity index (χ0v) is 18.2. The van der Waals surface area contributed by atoms with E-state index in [0.717, 1.165) is 17.1 Å². The second-order valence-electron chi connectivity index (χ2n) is 7.74. The Kier molecular flexibility index (Phi) is 5.60. The van der Waals surface area contributed by atoms with Crippen LogP contribution in [-0.4, -0.2) is 9.55 Å². The highest BCUT2D eigenvalue weighted by molar-refractivity contribution is 5.83. The molecule has 5 nitrogen and oxygen atoms in total. The predicted molar refractivity (Wildman–Crippen MR) is 133 cm³/mol. The number of rotatable bonds is 6. The third-order valence-corrected chi connectivity index (χ3v) is 5.43. The van der Waals surface area contributed by atoms with Gasteiger partial charge in [-0.2, -0.15) is 0 Å². The van der Waals surface area contributed by atoms with Crippen molar-refractivity contribution in [2.45, 2.75) is 13.5 Å². The van der Waals surface area contributed by atoms with Crippen LogP contribution < -0.4 is 15.5 Å². The van der Waals surface area contributed by atoms with Gasteiger partial charge >= 0.3 is 0 Å². The molecule has 3 aromatic carbocycles. The summed E-state index contributed by atoms with van der Waals surface area (Å²) >= 11 is 0. The summed E-state index contributed by atoms with van der Waals surface area (Å²) in [7, 11) is 0. The highest BCUT2D eigenvalue weighted by atomic mass is 16.5. The van der Waals surface area contributed by atoms with Crippen LogP contribution in [-0.2, 0) is 6.61 Å². The van der Waals surface area contributed by atoms with Crippen LogP contribution >= 0.6 is 0 Å². The Morgan fingerprint density at radius 1 is 0.818 bits per heavy atom. The van der Waals surface area contributed by atoms with E-state index >= 15 is 0 Å². The molecule has 0 amide bonds. The average Bonchev–Trinajstić information content (AvgIpc) is 2.86. The van der Waals surface area contributed by atoms with Crippen LogP contribution in [0.4, 0.5) is 11.5 Å². The van der Waals surface area contributed by atoms with E-state index in [2.05, 4.69) is 5.32 Å². The quantitative estimate of drug-likeness (QED) is 0.356. The first-order valence-corrected chi connectivity index (χ1v) is 10.8. The van der Waals surface area contributed by atoms with E-state index in [9.17, 15) is 4.79 Å². The van der Waals surface area contributed by atoms with Gasteiger partial charge in [0.1, 0.15) is 23.8 Å². The van der Waals surface area contributed by atoms with Crippen LogP contribution in [0.15, 0.2) is 108 Å². The Hall–Kier alpha value is -4.38. The van der Waals surface area contributed by atoms with Crippen molar-refractivity contribution in [2.24, 2.45) is 0 Å². The molecule has 0 saturated carbocycles. The lowest BCUT2D eigenvalue weighted by Gasteiger charge is -2.21. The molecule has 5 aromatic rings. The first-order chi connectivity index (χ1) is 16.2. The third-order valence-electron chi connectivity index (χ3n) is 5.43. The van der Waals surface area contributed by atoms with E-state index in [1.807, 2.05) is 115 Å². The number of pyridine rings is 2. The molecular formula is C28H23N3O2. The van der Waals surface area contributed by atoms with Gasteiger partial charge in [-0.25, -0.2) is 4.98 Å². The Morgan fingerprint density at radius 3 is 2.15 bits per heavy atom. The van der Waals surface area contributed by atoms with Crippen molar-refractivity contribution < 1.29 is 4.74 Å². The Balaban J connectivity index is 1.77. The number of aromatic nitrogens is 2. The molecule has 0 saturated heterocycles. The van der Waals surface area contributed by atoms with Crippen molar-refractivity contribution in [3.05, 3.63) is 125 Å². The molecule has 2 aromatic heterocycles. The summed E-state index contributed by atoms with van der Waals surface area (Å²) in [6.45, 7) is 2.05. The number of ether oxygens (including phenoxy) is 1. The number of benzene rings is 3. The predicted octanol–water partition coefficient (Wildman–Crippen LogP) is 6.02. The maximum Gasteiger partial charge on any atom is 0.199 e. The fourth-order valence-corrected chi connectivity index (χ4v) is 3.83. The number of nitrogens with zero attached hydrogens (tertiary/aromatic N) is 2. The van der Waals surface area contributed by atoms with Gasteiger partial charge in [0.2, 0.25) is 0 Å². The van der Waals surface area contributed by atoms with E-state index in [1.165, 1.54) is 0 Å². The van der Waals surface area contributed by atoms with Crippen LogP contribution in [0.3, 0.4) is 0 Å². The molecule has 0 aliphatic rings. The van der Waals surface area contributed by atoms with Crippen LogP contribution in [0.2, 0.25) is 0 Å². The number of para-hydroxylation sites is 3. The molecule has 0 aliphatic heterocycles. The van der Waals surface area contributed by atoms with Crippen molar-refractivity contribution in [3.63, 3.8) is 0 Å². The summed E-state index contributed by atoms with van der Waals surface area (Å²) in [5.41, 5.74) is 3.65. The van der Waals surface area contributed by atoms with Crippen LogP contribution in [0.5, 0.6) is 5.75 Å². The lowest BCUT2D eigenvalue weighted by atomic mass is 10.1. The molecule has 0 spiro atoms. The van der Waals surface area contributed by atoms with Crippen LogP contribution in [0.25, 0.3) is 16.7 Å². The van der Waals surface area contributed by atoms with Gasteiger partial charge in [0.25, 0.3) is 0 Å². The standard InChI is InChI=1S/C28H23N3O2/c1-20-17-18-24-26(32)25(19-33-23-15-9-4-10-16-23)28(30-21-11-5-2-6-12-21)31(27(24)29-20)22-13-7-3-8-14-22/h2-18,30H,19H2,1H3. The minimum absolute atomic E-state index is 0.0981. The van der Waals surface area contributed by atoms with Gasteiger partial charge in [-0.15, -0.1) is 0 Å². The van der Waals surface area contributed by atoms with Crippen molar-refractivity contribution in [3.8, 4) is 11.4 Å². The van der Waals surface area contributed by atoms with E-state index in [4.69, 9.17) is 9.72 Å². The molecule has 0 unspecified atom stereocenters. The first-order valence-electron chi connectivity index (χ1n) is 10.8. The number of fused-ring (bicyclic) bond motifs is 1. The van der Waals surface area contributed by atoms with E-state index in [0.29, 0.717) is 28.2 Å². The number of hydrogen-bond acceptors (Lipinski definition) is 4. The molecule has 5 heteroatoms. The summed E-state index contributed by atoms with van der Waals surface area (Å²) in [5.74, 6) is 1.34. The SMILES string of the molecule is Cc1ccc2c(=O)c(COc3ccccc3)c(Nc3ccccc3)n(-c3ccccc3)c2n1. The molecule has 5 rings (SSSR count). The third kappa shape index (κ3) is 4.21. The first kappa shape index (κ1) is 20.5. The lowest BCUT2D eigenvalue weighted by molar-refractivity contribution is 0.305. The molecule has 0 aliphatic carbocycles. The van der Waals surface area contributed by atoms with Gasteiger partial charge in [-0.3, -0.25) is 9.36 Å². The highest BCUT2D eigenvalue weighted by Crippen LogP contribution is 2.28. The highest BCUT2D eigenvalue weighted by Gasteiger charge is 2.20. The number of anilines is 2. The summed E-state index contributed by atoms with van der Waals surface area (Å²) in [5, 5.41) is 4.02. The second-order valence-corrected chi connectivity index (χ2v) is 7.74. The Morgan fingerprint density at radius 2 is 1.45 bits per heavy atom. The topological polar surface area (TPSA) is 56.1 Å². The van der Waals surface area contributed by atoms with Gasteiger partial charge in [0.15, 0.2) is 5.43 Å². The summed E-state index contributed by atoms with van der Waals surface area (Å²) in [6, 6.07) is 33.0. The summed E-state index contributed by atoms with van der Waals surface area (Å²) in [4.78, 5) is 18.4. The van der Waals surface area contributed by atoms with E-state index in [1.54, 1.807) is 0 Å². The number of nitrogens with one attached hydrogen (secondary N) is 1. The van der Waals surface area contributed by atoms with Crippen molar-refractivity contribution in [1.82, 2.24) is 9.55 Å². The summed E-state index contributed by atoms with van der Waals surface area (Å²) < 4.78 is 8.04. The molecule has 0 atom stereocenters. The van der Waals surface area contributed by atoms with Crippen molar-refractivity contribution in [2.75, 3.05) is 5.32 Å². The lowest BCUT2D eigenvalue weighted by Crippen LogP contribution is -2.21. The average molecular weight is 434 g/mol. The molecule has 0 fully saturated rings. The molecule has 0 bridgehead atoms. The normalized spacial score (nSPS) is 10.8. The molecule has 2 heterocycles. The van der Waals surface area contributed by atoms with Crippen LogP contribution in [0.1, 0.15) is 11.3 Å². The maximum absolute atomic E-state index is 13.7. The van der Waals surface area contributed by atoms with Gasteiger partial charge in [0, 0.05) is 17.1 Å². The van der Waals surface area contributed by atoms with Crippen molar-refractivity contribution >= 4 is 22.5 Å². The molecule has 162 valence electrons. The minimum atomic E-state index is -0.0981. The van der Waals surface area contributed by atoms with Crippen LogP contribution in [0, 0.1) is 6.92 Å². The van der Waals surface area contributed by atoms with Gasteiger partial charge < -0.3 is 10.1 Å². The minimum Gasteiger partial charge on any atom is -0.489 e. The van der Waals surface area contributed by atoms with Crippen molar-refractivity contribution in [1.29, 1.82) is 0 Å². The largest absolute Gasteiger partial charge is 0.489 e. The fourth-order valence-electron chi connectivity index (χ4n) is 3.83. The molecule has 0 radical (unpaired) electrons. The second kappa shape index (κ2) is 9.01. The van der Waals surface area contributed by atoms with E-state index in [-0.39, 0.29) is 12.0 Å². The molecular weight excluding hydrogens is 410 g/mol. The maximum atomic E-state index is 13.7. The molecule has 1 N–H and O–H groups in total. The summed E-state index contributed by atoms with van der Waals surface area (Å²) in [6.07, 6.45) is 0. The number of hydrogen-bond donors (Lipinski definition) is 1. The Labute approximate surface area is 191 Å². The van der Waals surface area contributed by atoms with Gasteiger partial charge in [-0.1, -0.05) is 54.6 Å². The zero-order chi connectivity index (χ0) is 22.6. The van der Waals surface area contributed by atoms with E-state index < -0.39 is 0 Å². The monoisotopic (exact) mass is 433 g/mol. The zero-order valence-electron chi connectivity index (χ0n) is 18.2. The van der Waals surface area contributed by atoms with Gasteiger partial charge in [0.05, 0.1) is 10.9 Å². The Bertz CT molecular complexity index is 1450.